The highest BCUT2D eigenvalue weighted by molar-refractivity contribution is 7.86. The predicted octanol–water partition coefficient (Wildman–Crippen LogP) is 6.07. The number of nitrogens with zero attached hydrogens (tertiary/aromatic N) is 2. The summed E-state index contributed by atoms with van der Waals surface area (Å²) in [5.41, 5.74) is 2.72. The van der Waals surface area contributed by atoms with Crippen molar-refractivity contribution in [3.63, 3.8) is 0 Å². The maximum atomic E-state index is 12.5. The standard InChI is InChI=1S/C33H40N2O6S/c1-7-33(5,6)32(36)40-20-19-35(10-4)24-16-18-26-29(22-24)41-28-21-23(34(8-2)9-3)15-17-25(28)31(26)27-13-11-12-14-30(27)42(37,38)39/h11-18,21-22H,7-10,19-20H2,1-6H3/p+1. The van der Waals surface area contributed by atoms with E-state index >= 15 is 0 Å². The van der Waals surface area contributed by atoms with Gasteiger partial charge in [0.2, 0.25) is 5.36 Å². The van der Waals surface area contributed by atoms with Crippen molar-refractivity contribution in [3.8, 4) is 22.5 Å². The first-order chi connectivity index (χ1) is 19.9. The summed E-state index contributed by atoms with van der Waals surface area (Å²) in [6.07, 6.45) is 0.697. The zero-order valence-electron chi connectivity index (χ0n) is 25.3. The molecule has 0 fully saturated rings. The molecule has 2 aromatic rings. The molecule has 2 aliphatic rings. The van der Waals surface area contributed by atoms with E-state index in [9.17, 15) is 17.8 Å². The van der Waals surface area contributed by atoms with Crippen LogP contribution in [0.5, 0.6) is 0 Å². The van der Waals surface area contributed by atoms with Crippen molar-refractivity contribution in [1.82, 2.24) is 4.58 Å². The monoisotopic (exact) mass is 593 g/mol. The number of anilines is 1. The molecular formula is C33H41N2O6S+. The summed E-state index contributed by atoms with van der Waals surface area (Å²) in [5, 5.41) is 1.71. The molecule has 0 amide bonds. The van der Waals surface area contributed by atoms with E-state index in [4.69, 9.17) is 9.15 Å². The first-order valence-corrected chi connectivity index (χ1v) is 16.0. The van der Waals surface area contributed by atoms with Gasteiger partial charge < -0.3 is 14.1 Å². The Morgan fingerprint density at radius 3 is 2.33 bits per heavy atom. The second kappa shape index (κ2) is 12.7. The number of hydrogen-bond acceptors (Lipinski definition) is 6. The minimum absolute atomic E-state index is 0.164. The van der Waals surface area contributed by atoms with Gasteiger partial charge in [-0.15, -0.1) is 0 Å². The van der Waals surface area contributed by atoms with E-state index < -0.39 is 15.5 Å². The lowest BCUT2D eigenvalue weighted by Crippen LogP contribution is -2.31. The Morgan fingerprint density at radius 2 is 1.69 bits per heavy atom. The van der Waals surface area contributed by atoms with Crippen molar-refractivity contribution in [3.05, 3.63) is 66.0 Å². The van der Waals surface area contributed by atoms with Crippen LogP contribution >= 0.6 is 0 Å². The van der Waals surface area contributed by atoms with E-state index in [1.165, 1.54) is 6.07 Å². The summed E-state index contributed by atoms with van der Waals surface area (Å²) in [7, 11) is -4.49. The van der Waals surface area contributed by atoms with Crippen molar-refractivity contribution in [1.29, 1.82) is 0 Å². The first kappa shape index (κ1) is 31.3. The number of carbonyl (C=O) groups excluding carboxylic acids is 1. The number of hydrogen-bond donors (Lipinski definition) is 1. The third kappa shape index (κ3) is 6.37. The molecule has 0 unspecified atom stereocenters. The number of rotatable bonds is 11. The van der Waals surface area contributed by atoms with Gasteiger partial charge >= 0.3 is 5.97 Å². The lowest BCUT2D eigenvalue weighted by atomic mass is 9.91. The summed E-state index contributed by atoms with van der Waals surface area (Å²) < 4.78 is 49.2. The average Bonchev–Trinajstić information content (AvgIpc) is 2.97. The van der Waals surface area contributed by atoms with E-state index in [1.807, 2.05) is 64.1 Å². The van der Waals surface area contributed by atoms with Crippen LogP contribution in [0, 0.1) is 5.41 Å². The third-order valence-corrected chi connectivity index (χ3v) is 8.94. The van der Waals surface area contributed by atoms with Crippen molar-refractivity contribution in [2.24, 2.45) is 5.41 Å². The van der Waals surface area contributed by atoms with Gasteiger partial charge in [0.05, 0.1) is 18.0 Å². The SMILES string of the molecule is CCN(CCOC(=O)C(C)(C)CC)c1ccc2c(-c3ccccc3S(=O)(=O)O)c3ccc(=[N+](CC)CC)cc-3oc2c1. The predicted molar refractivity (Wildman–Crippen MR) is 167 cm³/mol. The maximum Gasteiger partial charge on any atom is 0.311 e. The fraction of sp³-hybridized carbons (Fsp3) is 0.394. The molecule has 1 N–H and O–H groups in total. The van der Waals surface area contributed by atoms with Gasteiger partial charge in [-0.2, -0.15) is 8.42 Å². The molecule has 0 spiro atoms. The lowest BCUT2D eigenvalue weighted by Gasteiger charge is -2.25. The molecule has 0 bridgehead atoms. The summed E-state index contributed by atoms with van der Waals surface area (Å²) >= 11 is 0. The summed E-state index contributed by atoms with van der Waals surface area (Å²) in [5.74, 6) is 0.384. The maximum absolute atomic E-state index is 12.5. The zero-order valence-corrected chi connectivity index (χ0v) is 26.1. The molecule has 0 radical (unpaired) electrons. The van der Waals surface area contributed by atoms with Gasteiger partial charge in [0.25, 0.3) is 10.1 Å². The number of benzene rings is 3. The smallest absolute Gasteiger partial charge is 0.311 e. The minimum atomic E-state index is -4.49. The molecule has 2 aromatic carbocycles. The molecule has 42 heavy (non-hydrogen) atoms. The van der Waals surface area contributed by atoms with Crippen LogP contribution in [0.2, 0.25) is 0 Å². The highest BCUT2D eigenvalue weighted by Gasteiger charge is 2.27. The highest BCUT2D eigenvalue weighted by Crippen LogP contribution is 2.42. The normalized spacial score (nSPS) is 12.1. The van der Waals surface area contributed by atoms with Crippen LogP contribution in [0.25, 0.3) is 33.4 Å². The van der Waals surface area contributed by atoms with Crippen LogP contribution in [-0.2, 0) is 19.6 Å². The number of ether oxygens (including phenoxy) is 1. The fourth-order valence-electron chi connectivity index (χ4n) is 5.10. The van der Waals surface area contributed by atoms with E-state index in [-0.39, 0.29) is 17.5 Å². The van der Waals surface area contributed by atoms with Crippen LogP contribution in [0.4, 0.5) is 5.69 Å². The Labute approximate surface area is 248 Å². The van der Waals surface area contributed by atoms with Crippen molar-refractivity contribution < 1.29 is 26.9 Å². The van der Waals surface area contributed by atoms with Gasteiger partial charge in [-0.1, -0.05) is 25.1 Å². The molecule has 4 rings (SSSR count). The largest absolute Gasteiger partial charge is 0.463 e. The van der Waals surface area contributed by atoms with Crippen molar-refractivity contribution in [2.45, 2.75) is 52.9 Å². The second-order valence-electron chi connectivity index (χ2n) is 10.9. The Bertz CT molecular complexity index is 1730. The van der Waals surface area contributed by atoms with Crippen LogP contribution in [0.15, 0.2) is 70.0 Å². The number of esters is 1. The van der Waals surface area contributed by atoms with Gasteiger partial charge in [-0.05, 0) is 65.3 Å². The van der Waals surface area contributed by atoms with E-state index in [0.717, 1.165) is 29.7 Å². The minimum Gasteiger partial charge on any atom is -0.463 e. The fourth-order valence-corrected chi connectivity index (χ4v) is 5.79. The van der Waals surface area contributed by atoms with Gasteiger partial charge in [-0.3, -0.25) is 9.35 Å². The quantitative estimate of drug-likeness (QED) is 0.0975. The Balaban J connectivity index is 1.89. The van der Waals surface area contributed by atoms with Crippen LogP contribution in [0.1, 0.15) is 48.0 Å². The molecule has 9 heteroatoms. The molecular weight excluding hydrogens is 552 g/mol. The summed E-state index contributed by atoms with van der Waals surface area (Å²) in [4.78, 5) is 14.4. The van der Waals surface area contributed by atoms with Gasteiger partial charge in [0.15, 0.2) is 0 Å². The molecule has 0 atom stereocenters. The molecule has 0 saturated heterocycles. The Hall–Kier alpha value is -3.69. The Kier molecular flexibility index (Phi) is 9.43. The average molecular weight is 594 g/mol. The molecule has 224 valence electrons. The molecule has 0 aromatic heterocycles. The van der Waals surface area contributed by atoms with E-state index in [0.29, 0.717) is 47.4 Å². The van der Waals surface area contributed by atoms with Gasteiger partial charge in [-0.25, -0.2) is 4.58 Å². The first-order valence-electron chi connectivity index (χ1n) is 14.5. The van der Waals surface area contributed by atoms with Crippen molar-refractivity contribution >= 4 is 32.7 Å². The molecule has 0 saturated carbocycles. The van der Waals surface area contributed by atoms with E-state index in [1.54, 1.807) is 18.2 Å². The van der Waals surface area contributed by atoms with Crippen molar-refractivity contribution in [2.75, 3.05) is 37.7 Å². The Morgan fingerprint density at radius 1 is 0.976 bits per heavy atom. The molecule has 1 heterocycles. The molecule has 8 nitrogen and oxygen atoms in total. The topological polar surface area (TPSA) is 100 Å². The summed E-state index contributed by atoms with van der Waals surface area (Å²) in [6, 6.07) is 18.2. The number of carbonyl (C=O) groups is 1. The van der Waals surface area contributed by atoms with Gasteiger partial charge in [0, 0.05) is 46.4 Å². The zero-order chi connectivity index (χ0) is 30.7. The second-order valence-corrected chi connectivity index (χ2v) is 12.3. The van der Waals surface area contributed by atoms with Crippen LogP contribution in [-0.4, -0.2) is 51.7 Å². The molecule has 1 aliphatic heterocycles. The lowest BCUT2D eigenvalue weighted by molar-refractivity contribution is -0.153. The highest BCUT2D eigenvalue weighted by atomic mass is 32.2. The number of likely N-dealkylation sites (N-methyl/N-ethyl adjacent to an activating group) is 1. The molecule has 1 aliphatic carbocycles. The van der Waals surface area contributed by atoms with Crippen LogP contribution in [0.3, 0.4) is 0 Å². The third-order valence-electron chi connectivity index (χ3n) is 8.03. The van der Waals surface area contributed by atoms with Gasteiger partial charge in [0.1, 0.15) is 35.9 Å². The van der Waals surface area contributed by atoms with E-state index in [2.05, 4.69) is 23.3 Å². The summed E-state index contributed by atoms with van der Waals surface area (Å²) in [6.45, 7) is 15.0. The number of fused-ring (bicyclic) bond motifs is 2. The van der Waals surface area contributed by atoms with Crippen LogP contribution < -0.4 is 14.8 Å².